The Balaban J connectivity index is 2.56. The van der Waals surface area contributed by atoms with Crippen LogP contribution < -0.4 is 10.1 Å². The molecule has 0 saturated heterocycles. The van der Waals surface area contributed by atoms with Gasteiger partial charge in [-0.25, -0.2) is 0 Å². The third kappa shape index (κ3) is 5.25. The Hall–Kier alpha value is -0.770. The molecule has 0 spiro atoms. The number of hydrogen-bond acceptors (Lipinski definition) is 3. The summed E-state index contributed by atoms with van der Waals surface area (Å²) in [4.78, 5) is 2.15. The zero-order chi connectivity index (χ0) is 13.4. The van der Waals surface area contributed by atoms with E-state index in [1.54, 1.807) is 0 Å². The SMILES string of the molecule is CCNCc1cccc(Cl)c1OCCCN(C)C. The first-order valence-electron chi connectivity index (χ1n) is 6.40. The van der Waals surface area contributed by atoms with Crippen LogP contribution in [0, 0.1) is 0 Å². The molecule has 102 valence electrons. The van der Waals surface area contributed by atoms with Crippen molar-refractivity contribution in [1.82, 2.24) is 10.2 Å². The fourth-order valence-corrected chi connectivity index (χ4v) is 1.92. The van der Waals surface area contributed by atoms with E-state index in [1.165, 1.54) is 0 Å². The second-order valence-corrected chi connectivity index (χ2v) is 4.92. The van der Waals surface area contributed by atoms with E-state index in [9.17, 15) is 0 Å². The first-order valence-corrected chi connectivity index (χ1v) is 6.78. The van der Waals surface area contributed by atoms with Crippen molar-refractivity contribution in [3.8, 4) is 5.75 Å². The summed E-state index contributed by atoms with van der Waals surface area (Å²) in [6.07, 6.45) is 0.999. The Bertz CT molecular complexity index is 356. The molecule has 0 bridgehead atoms. The van der Waals surface area contributed by atoms with Crippen LogP contribution in [0.5, 0.6) is 5.75 Å². The standard InChI is InChI=1S/C14H23ClN2O/c1-4-16-11-12-7-5-8-13(15)14(12)18-10-6-9-17(2)3/h5,7-8,16H,4,6,9-11H2,1-3H3. The number of ether oxygens (including phenoxy) is 1. The first-order chi connectivity index (χ1) is 8.65. The number of nitrogens with one attached hydrogen (secondary N) is 1. The van der Waals surface area contributed by atoms with Crippen LogP contribution in [0.1, 0.15) is 18.9 Å². The maximum absolute atomic E-state index is 6.19. The highest BCUT2D eigenvalue weighted by atomic mass is 35.5. The van der Waals surface area contributed by atoms with Gasteiger partial charge in [-0.3, -0.25) is 0 Å². The molecule has 0 radical (unpaired) electrons. The summed E-state index contributed by atoms with van der Waals surface area (Å²) >= 11 is 6.19. The number of rotatable bonds is 8. The number of benzene rings is 1. The Labute approximate surface area is 115 Å². The molecule has 0 atom stereocenters. The lowest BCUT2D eigenvalue weighted by Gasteiger charge is -2.14. The number of halogens is 1. The molecule has 0 saturated carbocycles. The van der Waals surface area contributed by atoms with Gasteiger partial charge in [0.05, 0.1) is 11.6 Å². The van der Waals surface area contributed by atoms with Crippen LogP contribution in [0.15, 0.2) is 18.2 Å². The molecule has 0 aliphatic carbocycles. The molecular weight excluding hydrogens is 248 g/mol. The fourth-order valence-electron chi connectivity index (χ4n) is 1.67. The summed E-state index contributed by atoms with van der Waals surface area (Å²) < 4.78 is 5.82. The Morgan fingerprint density at radius 2 is 2.11 bits per heavy atom. The van der Waals surface area contributed by atoms with E-state index in [4.69, 9.17) is 16.3 Å². The van der Waals surface area contributed by atoms with Gasteiger partial charge in [-0.1, -0.05) is 30.7 Å². The zero-order valence-electron chi connectivity index (χ0n) is 11.5. The van der Waals surface area contributed by atoms with Crippen LogP contribution >= 0.6 is 11.6 Å². The molecule has 1 rings (SSSR count). The number of hydrogen-bond donors (Lipinski definition) is 1. The van der Waals surface area contributed by atoms with Crippen molar-refractivity contribution in [3.63, 3.8) is 0 Å². The molecule has 3 nitrogen and oxygen atoms in total. The monoisotopic (exact) mass is 270 g/mol. The van der Waals surface area contributed by atoms with E-state index in [0.29, 0.717) is 11.6 Å². The minimum Gasteiger partial charge on any atom is -0.492 e. The van der Waals surface area contributed by atoms with Crippen LogP contribution in [0.3, 0.4) is 0 Å². The van der Waals surface area contributed by atoms with Crippen LogP contribution in [0.25, 0.3) is 0 Å². The highest BCUT2D eigenvalue weighted by Crippen LogP contribution is 2.28. The molecule has 0 aromatic heterocycles. The van der Waals surface area contributed by atoms with Crippen molar-refractivity contribution >= 4 is 11.6 Å². The summed E-state index contributed by atoms with van der Waals surface area (Å²) in [5, 5.41) is 3.98. The van der Waals surface area contributed by atoms with E-state index >= 15 is 0 Å². The van der Waals surface area contributed by atoms with E-state index in [0.717, 1.165) is 37.4 Å². The van der Waals surface area contributed by atoms with Crippen molar-refractivity contribution in [2.24, 2.45) is 0 Å². The average molecular weight is 271 g/mol. The van der Waals surface area contributed by atoms with Gasteiger partial charge in [-0.05, 0) is 33.1 Å². The smallest absolute Gasteiger partial charge is 0.142 e. The normalized spacial score (nSPS) is 10.9. The molecule has 0 fully saturated rings. The highest BCUT2D eigenvalue weighted by Gasteiger charge is 2.07. The third-order valence-electron chi connectivity index (χ3n) is 2.61. The summed E-state index contributed by atoms with van der Waals surface area (Å²) in [5.41, 5.74) is 1.12. The van der Waals surface area contributed by atoms with Crippen LogP contribution in [-0.4, -0.2) is 38.7 Å². The quantitative estimate of drug-likeness (QED) is 0.735. The van der Waals surface area contributed by atoms with Gasteiger partial charge in [0.1, 0.15) is 5.75 Å². The van der Waals surface area contributed by atoms with Crippen LogP contribution in [0.2, 0.25) is 5.02 Å². The topological polar surface area (TPSA) is 24.5 Å². The summed E-state index contributed by atoms with van der Waals surface area (Å²) in [7, 11) is 4.12. The van der Waals surface area contributed by atoms with E-state index in [1.807, 2.05) is 12.1 Å². The summed E-state index contributed by atoms with van der Waals surface area (Å²) in [5.74, 6) is 0.818. The summed E-state index contributed by atoms with van der Waals surface area (Å²) in [6.45, 7) is 5.53. The van der Waals surface area contributed by atoms with Crippen molar-refractivity contribution < 1.29 is 4.74 Å². The lowest BCUT2D eigenvalue weighted by Crippen LogP contribution is -2.16. The van der Waals surface area contributed by atoms with Gasteiger partial charge in [0.25, 0.3) is 0 Å². The molecule has 1 aromatic rings. The van der Waals surface area contributed by atoms with Gasteiger partial charge >= 0.3 is 0 Å². The van der Waals surface area contributed by atoms with Crippen LogP contribution in [0.4, 0.5) is 0 Å². The molecule has 0 aliphatic rings. The van der Waals surface area contributed by atoms with Gasteiger partial charge in [0.15, 0.2) is 0 Å². The molecule has 1 N–H and O–H groups in total. The second-order valence-electron chi connectivity index (χ2n) is 4.51. The maximum Gasteiger partial charge on any atom is 0.142 e. The van der Waals surface area contributed by atoms with Crippen LogP contribution in [-0.2, 0) is 6.54 Å². The largest absolute Gasteiger partial charge is 0.492 e. The maximum atomic E-state index is 6.19. The van der Waals surface area contributed by atoms with Gasteiger partial charge < -0.3 is 15.0 Å². The van der Waals surface area contributed by atoms with E-state index in [-0.39, 0.29) is 0 Å². The second kappa shape index (κ2) is 8.35. The summed E-state index contributed by atoms with van der Waals surface area (Å²) in [6, 6.07) is 5.88. The minimum absolute atomic E-state index is 0.690. The lowest BCUT2D eigenvalue weighted by molar-refractivity contribution is 0.279. The van der Waals surface area contributed by atoms with Crippen molar-refractivity contribution in [2.45, 2.75) is 19.9 Å². The molecule has 4 heteroatoms. The van der Waals surface area contributed by atoms with Crippen molar-refractivity contribution in [3.05, 3.63) is 28.8 Å². The molecule has 18 heavy (non-hydrogen) atoms. The highest BCUT2D eigenvalue weighted by molar-refractivity contribution is 6.32. The van der Waals surface area contributed by atoms with Crippen molar-refractivity contribution in [1.29, 1.82) is 0 Å². The minimum atomic E-state index is 0.690. The third-order valence-corrected chi connectivity index (χ3v) is 2.91. The van der Waals surface area contributed by atoms with Crippen molar-refractivity contribution in [2.75, 3.05) is 33.8 Å². The predicted molar refractivity (Wildman–Crippen MR) is 77.5 cm³/mol. The molecule has 0 aliphatic heterocycles. The molecule has 1 aromatic carbocycles. The Kier molecular flexibility index (Phi) is 7.09. The van der Waals surface area contributed by atoms with Gasteiger partial charge in [-0.2, -0.15) is 0 Å². The molecule has 0 heterocycles. The van der Waals surface area contributed by atoms with E-state index < -0.39 is 0 Å². The first kappa shape index (κ1) is 15.3. The average Bonchev–Trinajstić information content (AvgIpc) is 2.33. The molecule has 0 amide bonds. The van der Waals surface area contributed by atoms with E-state index in [2.05, 4.69) is 37.3 Å². The van der Waals surface area contributed by atoms with Gasteiger partial charge in [-0.15, -0.1) is 0 Å². The molecular formula is C14H23ClN2O. The number of para-hydroxylation sites is 1. The number of nitrogens with zero attached hydrogens (tertiary/aromatic N) is 1. The Morgan fingerprint density at radius 1 is 1.33 bits per heavy atom. The van der Waals surface area contributed by atoms with Gasteiger partial charge in [0.2, 0.25) is 0 Å². The zero-order valence-corrected chi connectivity index (χ0v) is 12.3. The fraction of sp³-hybridized carbons (Fsp3) is 0.571. The lowest BCUT2D eigenvalue weighted by atomic mass is 10.2. The Morgan fingerprint density at radius 3 is 2.78 bits per heavy atom. The van der Waals surface area contributed by atoms with Gasteiger partial charge in [0, 0.05) is 18.7 Å². The molecule has 0 unspecified atom stereocenters. The predicted octanol–water partition coefficient (Wildman–Crippen LogP) is 2.78.